The zero-order chi connectivity index (χ0) is 14.8. The van der Waals surface area contributed by atoms with Crippen molar-refractivity contribution in [1.29, 1.82) is 0 Å². The number of pyridine rings is 1. The van der Waals surface area contributed by atoms with E-state index in [1.54, 1.807) is 6.20 Å². The van der Waals surface area contributed by atoms with Gasteiger partial charge in [-0.3, -0.25) is 9.36 Å². The van der Waals surface area contributed by atoms with Gasteiger partial charge in [-0.15, -0.1) is 0 Å². The number of aldehydes is 1. The Labute approximate surface area is 128 Å². The van der Waals surface area contributed by atoms with E-state index in [-0.39, 0.29) is 0 Å². The van der Waals surface area contributed by atoms with Gasteiger partial charge in [0.05, 0.1) is 5.56 Å². The van der Waals surface area contributed by atoms with Gasteiger partial charge in [-0.2, -0.15) is 0 Å². The summed E-state index contributed by atoms with van der Waals surface area (Å²) >= 11 is 6.45. The van der Waals surface area contributed by atoms with Crippen molar-refractivity contribution >= 4 is 28.9 Å². The minimum Gasteiger partial charge on any atom is -0.298 e. The van der Waals surface area contributed by atoms with Crippen molar-refractivity contribution < 1.29 is 4.79 Å². The van der Waals surface area contributed by atoms with E-state index in [2.05, 4.69) is 11.9 Å². The van der Waals surface area contributed by atoms with Crippen molar-refractivity contribution in [3.8, 4) is 5.69 Å². The number of hydrogen-bond donors (Lipinski definition) is 0. The number of benzene rings is 1. The lowest BCUT2D eigenvalue weighted by atomic mass is 10.1. The van der Waals surface area contributed by atoms with E-state index in [0.717, 1.165) is 41.4 Å². The van der Waals surface area contributed by atoms with E-state index in [0.29, 0.717) is 10.7 Å². The van der Waals surface area contributed by atoms with Crippen LogP contribution in [0, 0.1) is 0 Å². The van der Waals surface area contributed by atoms with Crippen LogP contribution in [-0.4, -0.2) is 15.8 Å². The van der Waals surface area contributed by atoms with Crippen molar-refractivity contribution in [1.82, 2.24) is 9.55 Å². The molecule has 2 aromatic heterocycles. The second kappa shape index (κ2) is 5.70. The molecule has 0 aliphatic rings. The molecule has 3 rings (SSSR count). The highest BCUT2D eigenvalue weighted by molar-refractivity contribution is 6.34. The highest BCUT2D eigenvalue weighted by Gasteiger charge is 2.19. The second-order valence-electron chi connectivity index (χ2n) is 4.91. The van der Waals surface area contributed by atoms with E-state index >= 15 is 0 Å². The van der Waals surface area contributed by atoms with E-state index < -0.39 is 0 Å². The van der Waals surface area contributed by atoms with Gasteiger partial charge in [0.15, 0.2) is 6.29 Å². The molecule has 3 nitrogen and oxygen atoms in total. The Bertz CT molecular complexity index is 793. The Morgan fingerprint density at radius 1 is 1.24 bits per heavy atom. The van der Waals surface area contributed by atoms with E-state index in [1.807, 2.05) is 41.0 Å². The summed E-state index contributed by atoms with van der Waals surface area (Å²) in [5.74, 6) is 0. The molecule has 0 aliphatic heterocycles. The van der Waals surface area contributed by atoms with Crippen molar-refractivity contribution in [3.63, 3.8) is 0 Å². The fourth-order valence-corrected chi connectivity index (χ4v) is 2.98. The van der Waals surface area contributed by atoms with Crippen molar-refractivity contribution in [2.75, 3.05) is 0 Å². The summed E-state index contributed by atoms with van der Waals surface area (Å²) in [7, 11) is 0. The molecule has 0 saturated heterocycles. The average molecular weight is 299 g/mol. The predicted octanol–water partition coefficient (Wildman–Crippen LogP) is 4.44. The molecule has 1 aromatic carbocycles. The molecule has 0 N–H and O–H groups in total. The fourth-order valence-electron chi connectivity index (χ4n) is 2.67. The minimum atomic E-state index is 0.419. The summed E-state index contributed by atoms with van der Waals surface area (Å²) in [4.78, 5) is 16.0. The lowest BCUT2D eigenvalue weighted by Gasteiger charge is -2.06. The molecule has 0 spiro atoms. The highest BCUT2D eigenvalue weighted by Crippen LogP contribution is 2.33. The van der Waals surface area contributed by atoms with Crippen LogP contribution in [0.4, 0.5) is 0 Å². The molecule has 0 atom stereocenters. The van der Waals surface area contributed by atoms with Crippen molar-refractivity contribution in [2.45, 2.75) is 19.8 Å². The highest BCUT2D eigenvalue weighted by atomic mass is 35.5. The zero-order valence-corrected chi connectivity index (χ0v) is 12.5. The maximum Gasteiger partial charge on any atom is 0.153 e. The molecule has 0 fully saturated rings. The molecular formula is C17H15ClN2O. The molecule has 0 aliphatic carbocycles. The van der Waals surface area contributed by atoms with Gasteiger partial charge in [0, 0.05) is 17.3 Å². The largest absolute Gasteiger partial charge is 0.298 e. The number of carbonyl (C=O) groups excluding carboxylic acids is 1. The molecule has 21 heavy (non-hydrogen) atoms. The van der Waals surface area contributed by atoms with Crippen LogP contribution < -0.4 is 0 Å². The molecule has 0 bridgehead atoms. The van der Waals surface area contributed by atoms with Gasteiger partial charge in [-0.05, 0) is 30.2 Å². The number of para-hydroxylation sites is 1. The summed E-state index contributed by atoms with van der Waals surface area (Å²) in [6.07, 6.45) is 4.50. The zero-order valence-electron chi connectivity index (χ0n) is 11.7. The normalized spacial score (nSPS) is 11.0. The van der Waals surface area contributed by atoms with Crippen molar-refractivity contribution in [3.05, 3.63) is 58.9 Å². The van der Waals surface area contributed by atoms with E-state index in [4.69, 9.17) is 11.6 Å². The standard InChI is InChI=1S/C17H15ClN2O/c1-2-6-12-9-10-19-17-15(12)14(11-21)16(18)20(17)13-7-4-3-5-8-13/h3-5,7-11H,2,6H2,1H3. The lowest BCUT2D eigenvalue weighted by Crippen LogP contribution is -1.95. The first kappa shape index (κ1) is 13.8. The Morgan fingerprint density at radius 3 is 2.67 bits per heavy atom. The quantitative estimate of drug-likeness (QED) is 0.667. The van der Waals surface area contributed by atoms with Crippen LogP contribution in [-0.2, 0) is 6.42 Å². The molecule has 4 heteroatoms. The third kappa shape index (κ3) is 2.24. The topological polar surface area (TPSA) is 34.9 Å². The van der Waals surface area contributed by atoms with Crippen LogP contribution in [0.5, 0.6) is 0 Å². The monoisotopic (exact) mass is 298 g/mol. The van der Waals surface area contributed by atoms with Gasteiger partial charge in [0.2, 0.25) is 0 Å². The van der Waals surface area contributed by atoms with Gasteiger partial charge in [-0.1, -0.05) is 43.1 Å². The Morgan fingerprint density at radius 2 is 2.00 bits per heavy atom. The average Bonchev–Trinajstić information content (AvgIpc) is 2.81. The molecular weight excluding hydrogens is 284 g/mol. The summed E-state index contributed by atoms with van der Waals surface area (Å²) in [6, 6.07) is 11.7. The SMILES string of the molecule is CCCc1ccnc2c1c(C=O)c(Cl)n2-c1ccccc1. The number of hydrogen-bond acceptors (Lipinski definition) is 2. The fraction of sp³-hybridized carbons (Fsp3) is 0.176. The minimum absolute atomic E-state index is 0.419. The number of carbonyl (C=O) groups is 1. The lowest BCUT2D eigenvalue weighted by molar-refractivity contribution is 0.112. The van der Waals surface area contributed by atoms with Crippen LogP contribution in [0.15, 0.2) is 42.6 Å². The number of nitrogens with zero attached hydrogens (tertiary/aromatic N) is 2. The molecule has 0 amide bonds. The van der Waals surface area contributed by atoms with Crippen LogP contribution in [0.3, 0.4) is 0 Å². The van der Waals surface area contributed by atoms with Crippen LogP contribution in [0.2, 0.25) is 5.15 Å². The number of rotatable bonds is 4. The maximum atomic E-state index is 11.5. The van der Waals surface area contributed by atoms with Gasteiger partial charge in [0.25, 0.3) is 0 Å². The van der Waals surface area contributed by atoms with Gasteiger partial charge in [-0.25, -0.2) is 4.98 Å². The molecule has 3 aromatic rings. The van der Waals surface area contributed by atoms with Crippen LogP contribution in [0.25, 0.3) is 16.7 Å². The summed E-state index contributed by atoms with van der Waals surface area (Å²) in [5, 5.41) is 1.28. The molecule has 0 unspecified atom stereocenters. The summed E-state index contributed by atoms with van der Waals surface area (Å²) in [6.45, 7) is 2.11. The first-order valence-corrected chi connectivity index (χ1v) is 7.34. The third-order valence-corrected chi connectivity index (χ3v) is 3.94. The van der Waals surface area contributed by atoms with Gasteiger partial charge >= 0.3 is 0 Å². The number of aromatic nitrogens is 2. The van der Waals surface area contributed by atoms with E-state index in [9.17, 15) is 4.79 Å². The number of fused-ring (bicyclic) bond motifs is 1. The number of aryl methyl sites for hydroxylation is 1. The predicted molar refractivity (Wildman–Crippen MR) is 85.5 cm³/mol. The second-order valence-corrected chi connectivity index (χ2v) is 5.27. The third-order valence-electron chi connectivity index (χ3n) is 3.57. The number of halogens is 1. The van der Waals surface area contributed by atoms with Gasteiger partial charge < -0.3 is 0 Å². The van der Waals surface area contributed by atoms with Gasteiger partial charge in [0.1, 0.15) is 10.8 Å². The molecule has 0 radical (unpaired) electrons. The van der Waals surface area contributed by atoms with Crippen molar-refractivity contribution in [2.24, 2.45) is 0 Å². The first-order valence-electron chi connectivity index (χ1n) is 6.96. The summed E-state index contributed by atoms with van der Waals surface area (Å²) < 4.78 is 1.83. The van der Waals surface area contributed by atoms with E-state index in [1.165, 1.54) is 0 Å². The first-order chi connectivity index (χ1) is 10.3. The Balaban J connectivity index is 2.39. The molecule has 106 valence electrons. The van der Waals surface area contributed by atoms with Crippen LogP contribution >= 0.6 is 11.6 Å². The molecule has 0 saturated carbocycles. The smallest absolute Gasteiger partial charge is 0.153 e. The summed E-state index contributed by atoms with van der Waals surface area (Å²) in [5.41, 5.74) is 3.27. The maximum absolute atomic E-state index is 11.5. The molecule has 2 heterocycles. The Hall–Kier alpha value is -2.13. The Kier molecular flexibility index (Phi) is 3.76. The van der Waals surface area contributed by atoms with Crippen LogP contribution in [0.1, 0.15) is 29.3 Å².